The molecule has 0 spiro atoms. The summed E-state index contributed by atoms with van der Waals surface area (Å²) in [6.45, 7) is 1.96. The van der Waals surface area contributed by atoms with Crippen molar-refractivity contribution in [3.8, 4) is 0 Å². The monoisotopic (exact) mass is 397 g/mol. The Morgan fingerprint density at radius 1 is 1.21 bits per heavy atom. The van der Waals surface area contributed by atoms with Gasteiger partial charge >= 0.3 is 0 Å². The van der Waals surface area contributed by atoms with E-state index in [9.17, 15) is 9.50 Å². The molecule has 0 unspecified atom stereocenters. The molecule has 29 heavy (non-hydrogen) atoms. The van der Waals surface area contributed by atoms with Gasteiger partial charge in [0.1, 0.15) is 17.2 Å². The SMILES string of the molecule is CC[C@H](CO)n1c(Nc2ccccc2F)nc2cnc(CC3CCCCC3)nc21. The van der Waals surface area contributed by atoms with Gasteiger partial charge in [-0.25, -0.2) is 19.3 Å². The second-order valence-electron chi connectivity index (χ2n) is 7.86. The first kappa shape index (κ1) is 19.8. The molecule has 7 heteroatoms. The number of nitrogens with one attached hydrogen (secondary N) is 1. The Bertz CT molecular complexity index is 963. The van der Waals surface area contributed by atoms with Crippen molar-refractivity contribution in [3.05, 3.63) is 42.1 Å². The Kier molecular flexibility index (Phi) is 6.04. The van der Waals surface area contributed by atoms with Crippen molar-refractivity contribution in [3.63, 3.8) is 0 Å². The predicted molar refractivity (Wildman–Crippen MR) is 112 cm³/mol. The van der Waals surface area contributed by atoms with Crippen molar-refractivity contribution < 1.29 is 9.50 Å². The minimum absolute atomic E-state index is 0.0458. The number of rotatable bonds is 7. The molecule has 1 atom stereocenters. The second kappa shape index (κ2) is 8.86. The van der Waals surface area contributed by atoms with Gasteiger partial charge in [0, 0.05) is 6.42 Å². The average molecular weight is 397 g/mol. The summed E-state index contributed by atoms with van der Waals surface area (Å²) < 4.78 is 16.1. The maximum atomic E-state index is 14.2. The smallest absolute Gasteiger partial charge is 0.210 e. The maximum Gasteiger partial charge on any atom is 0.210 e. The Morgan fingerprint density at radius 2 is 2.00 bits per heavy atom. The number of nitrogens with zero attached hydrogens (tertiary/aromatic N) is 4. The van der Waals surface area contributed by atoms with Gasteiger partial charge in [0.25, 0.3) is 0 Å². The van der Waals surface area contributed by atoms with Crippen LogP contribution < -0.4 is 5.32 Å². The highest BCUT2D eigenvalue weighted by molar-refractivity contribution is 5.75. The van der Waals surface area contributed by atoms with Gasteiger partial charge in [0.05, 0.1) is 24.5 Å². The van der Waals surface area contributed by atoms with Crippen LogP contribution in [-0.2, 0) is 6.42 Å². The van der Waals surface area contributed by atoms with Crippen LogP contribution in [0.2, 0.25) is 0 Å². The third-order valence-corrected chi connectivity index (χ3v) is 5.85. The van der Waals surface area contributed by atoms with E-state index in [0.717, 1.165) is 12.2 Å². The molecule has 0 bridgehead atoms. The number of imidazole rings is 1. The number of anilines is 2. The molecule has 1 aromatic carbocycles. The molecule has 4 rings (SSSR count). The van der Waals surface area contributed by atoms with Crippen molar-refractivity contribution in [2.24, 2.45) is 5.92 Å². The topological polar surface area (TPSA) is 75.9 Å². The van der Waals surface area contributed by atoms with E-state index in [1.54, 1.807) is 24.4 Å². The number of aromatic nitrogens is 4. The summed E-state index contributed by atoms with van der Waals surface area (Å²) in [6.07, 6.45) is 9.66. The van der Waals surface area contributed by atoms with Crippen molar-refractivity contribution in [1.29, 1.82) is 0 Å². The minimum atomic E-state index is -0.354. The van der Waals surface area contributed by atoms with Gasteiger partial charge < -0.3 is 10.4 Å². The largest absolute Gasteiger partial charge is 0.394 e. The number of para-hydroxylation sites is 1. The third-order valence-electron chi connectivity index (χ3n) is 5.85. The summed E-state index contributed by atoms with van der Waals surface area (Å²) in [6, 6.07) is 6.28. The van der Waals surface area contributed by atoms with E-state index in [2.05, 4.69) is 15.3 Å². The zero-order chi connectivity index (χ0) is 20.2. The van der Waals surface area contributed by atoms with Gasteiger partial charge in [0.15, 0.2) is 5.65 Å². The number of fused-ring (bicyclic) bond motifs is 1. The van der Waals surface area contributed by atoms with Crippen molar-refractivity contribution in [1.82, 2.24) is 19.5 Å². The lowest BCUT2D eigenvalue weighted by atomic mass is 9.87. The van der Waals surface area contributed by atoms with Gasteiger partial charge in [0.2, 0.25) is 5.95 Å². The fourth-order valence-corrected chi connectivity index (χ4v) is 4.18. The summed E-state index contributed by atoms with van der Waals surface area (Å²) in [5, 5.41) is 13.0. The second-order valence-corrected chi connectivity index (χ2v) is 7.86. The molecular formula is C22H28FN5O. The molecule has 0 aliphatic heterocycles. The first-order valence-electron chi connectivity index (χ1n) is 10.6. The molecule has 6 nitrogen and oxygen atoms in total. The molecule has 3 aromatic rings. The Morgan fingerprint density at radius 3 is 2.72 bits per heavy atom. The quantitative estimate of drug-likeness (QED) is 0.600. The number of halogens is 1. The molecule has 0 amide bonds. The van der Waals surface area contributed by atoms with Gasteiger partial charge in [-0.2, -0.15) is 0 Å². The van der Waals surface area contributed by atoms with Crippen LogP contribution in [0.4, 0.5) is 16.0 Å². The standard InChI is InChI=1S/C22H28FN5O/c1-2-16(14-29)28-21-19(26-22(28)25-18-11-7-6-10-17(18)23)13-24-20(27-21)12-15-8-4-3-5-9-15/h6-7,10-11,13,15-16,29H,2-5,8-9,12,14H2,1H3,(H,25,26)/t16-/m1/s1. The highest BCUT2D eigenvalue weighted by Crippen LogP contribution is 2.29. The number of hydrogen-bond acceptors (Lipinski definition) is 5. The van der Waals surface area contributed by atoms with Crippen molar-refractivity contribution in [2.45, 2.75) is 57.9 Å². The Balaban J connectivity index is 1.72. The predicted octanol–water partition coefficient (Wildman–Crippen LogP) is 4.78. The van der Waals surface area contributed by atoms with Crippen LogP contribution in [0.1, 0.15) is 57.3 Å². The molecule has 2 aromatic heterocycles. The highest BCUT2D eigenvalue weighted by atomic mass is 19.1. The van der Waals surface area contributed by atoms with E-state index in [4.69, 9.17) is 4.98 Å². The number of aliphatic hydroxyl groups is 1. The number of aliphatic hydroxyl groups excluding tert-OH is 1. The lowest BCUT2D eigenvalue weighted by Gasteiger charge is -2.21. The van der Waals surface area contributed by atoms with Gasteiger partial charge in [-0.15, -0.1) is 0 Å². The first-order chi connectivity index (χ1) is 14.2. The number of hydrogen-bond donors (Lipinski definition) is 2. The normalized spacial score (nSPS) is 16.2. The van der Waals surface area contributed by atoms with Crippen LogP contribution in [0.5, 0.6) is 0 Å². The van der Waals surface area contributed by atoms with Crippen LogP contribution in [0.3, 0.4) is 0 Å². The van der Waals surface area contributed by atoms with Gasteiger partial charge in [-0.05, 0) is 24.5 Å². The van der Waals surface area contributed by atoms with E-state index in [1.807, 2.05) is 11.5 Å². The van der Waals surface area contributed by atoms with E-state index >= 15 is 0 Å². The fourth-order valence-electron chi connectivity index (χ4n) is 4.18. The van der Waals surface area contributed by atoms with Crippen LogP contribution >= 0.6 is 0 Å². The van der Waals surface area contributed by atoms with Crippen molar-refractivity contribution >= 4 is 22.8 Å². The summed E-state index contributed by atoms with van der Waals surface area (Å²) in [7, 11) is 0. The van der Waals surface area contributed by atoms with Crippen LogP contribution in [0, 0.1) is 11.7 Å². The number of benzene rings is 1. The minimum Gasteiger partial charge on any atom is -0.394 e. The first-order valence-corrected chi connectivity index (χ1v) is 10.6. The van der Waals surface area contributed by atoms with Gasteiger partial charge in [-0.3, -0.25) is 4.57 Å². The molecule has 0 radical (unpaired) electrons. The highest BCUT2D eigenvalue weighted by Gasteiger charge is 2.22. The molecule has 1 fully saturated rings. The zero-order valence-corrected chi connectivity index (χ0v) is 16.8. The molecular weight excluding hydrogens is 369 g/mol. The summed E-state index contributed by atoms with van der Waals surface area (Å²) in [5.74, 6) is 1.56. The zero-order valence-electron chi connectivity index (χ0n) is 16.8. The maximum absolute atomic E-state index is 14.2. The lowest BCUT2D eigenvalue weighted by Crippen LogP contribution is -2.16. The van der Waals surface area contributed by atoms with Crippen LogP contribution in [-0.4, -0.2) is 31.2 Å². The Labute approximate surface area is 170 Å². The summed E-state index contributed by atoms with van der Waals surface area (Å²) in [5.41, 5.74) is 1.67. The molecule has 0 saturated heterocycles. The van der Waals surface area contributed by atoms with E-state index in [-0.39, 0.29) is 18.5 Å². The van der Waals surface area contributed by atoms with Crippen LogP contribution in [0.25, 0.3) is 11.2 Å². The molecule has 1 aliphatic carbocycles. The summed E-state index contributed by atoms with van der Waals surface area (Å²) >= 11 is 0. The molecule has 154 valence electrons. The van der Waals surface area contributed by atoms with Crippen LogP contribution in [0.15, 0.2) is 30.5 Å². The fraction of sp³-hybridized carbons (Fsp3) is 0.500. The van der Waals surface area contributed by atoms with Gasteiger partial charge in [-0.1, -0.05) is 51.2 Å². The Hall–Kier alpha value is -2.54. The molecule has 1 saturated carbocycles. The average Bonchev–Trinajstić information content (AvgIpc) is 3.09. The van der Waals surface area contributed by atoms with Crippen molar-refractivity contribution in [2.75, 3.05) is 11.9 Å². The summed E-state index contributed by atoms with van der Waals surface area (Å²) in [4.78, 5) is 14.0. The lowest BCUT2D eigenvalue weighted by molar-refractivity contribution is 0.228. The third kappa shape index (κ3) is 4.24. The molecule has 2 N–H and O–H groups in total. The molecule has 2 heterocycles. The molecule has 1 aliphatic rings. The van der Waals surface area contributed by atoms with E-state index in [1.165, 1.54) is 38.2 Å². The van der Waals surface area contributed by atoms with E-state index < -0.39 is 0 Å². The van der Waals surface area contributed by atoms with E-state index in [0.29, 0.717) is 35.1 Å².